The van der Waals surface area contributed by atoms with Crippen LogP contribution in [0, 0.1) is 11.3 Å². The molecule has 0 spiro atoms. The number of nitrogens with zero attached hydrogens (tertiary/aromatic N) is 2. The minimum Gasteiger partial charge on any atom is -0.457 e. The number of rotatable bonds is 4. The zero-order valence-electron chi connectivity index (χ0n) is 14.1. The molecular formula is C20H16N2O4. The zero-order valence-corrected chi connectivity index (χ0v) is 14.1. The van der Waals surface area contributed by atoms with Gasteiger partial charge in [-0.2, -0.15) is 5.26 Å². The highest BCUT2D eigenvalue weighted by Crippen LogP contribution is 2.29. The van der Waals surface area contributed by atoms with Crippen molar-refractivity contribution in [2.75, 3.05) is 13.2 Å². The lowest BCUT2D eigenvalue weighted by atomic mass is 9.95. The van der Waals surface area contributed by atoms with Crippen molar-refractivity contribution in [3.63, 3.8) is 0 Å². The lowest BCUT2D eigenvalue weighted by Gasteiger charge is -2.26. The molecule has 1 aliphatic rings. The quantitative estimate of drug-likeness (QED) is 0.677. The first-order chi connectivity index (χ1) is 12.6. The monoisotopic (exact) mass is 348 g/mol. The van der Waals surface area contributed by atoms with Crippen molar-refractivity contribution in [2.45, 2.75) is 6.92 Å². The lowest BCUT2D eigenvalue weighted by molar-refractivity contribution is -0.140. The number of imide groups is 1. The minimum absolute atomic E-state index is 0.112. The number of amides is 2. The molecular weight excluding hydrogens is 332 g/mol. The van der Waals surface area contributed by atoms with E-state index >= 15 is 0 Å². The number of furan rings is 1. The summed E-state index contributed by atoms with van der Waals surface area (Å²) in [5.41, 5.74) is 1.28. The van der Waals surface area contributed by atoms with Crippen LogP contribution in [-0.4, -0.2) is 35.0 Å². The van der Waals surface area contributed by atoms with Crippen molar-refractivity contribution < 1.29 is 19.1 Å². The van der Waals surface area contributed by atoms with Gasteiger partial charge in [0, 0.05) is 11.1 Å². The lowest BCUT2D eigenvalue weighted by Crippen LogP contribution is -2.44. The van der Waals surface area contributed by atoms with Crippen LogP contribution in [0.15, 0.2) is 63.6 Å². The molecule has 2 aromatic rings. The van der Waals surface area contributed by atoms with Gasteiger partial charge < -0.3 is 9.52 Å². The van der Waals surface area contributed by atoms with Crippen LogP contribution in [-0.2, 0) is 9.59 Å². The fourth-order valence-electron chi connectivity index (χ4n) is 2.76. The third-order valence-corrected chi connectivity index (χ3v) is 4.12. The van der Waals surface area contributed by atoms with Gasteiger partial charge in [-0.05, 0) is 30.7 Å². The molecule has 2 amide bonds. The molecule has 130 valence electrons. The van der Waals surface area contributed by atoms with Crippen molar-refractivity contribution in [1.29, 1.82) is 5.26 Å². The Labute approximate surface area is 150 Å². The molecule has 26 heavy (non-hydrogen) atoms. The molecule has 0 unspecified atom stereocenters. The molecule has 0 atom stereocenters. The van der Waals surface area contributed by atoms with Gasteiger partial charge in [-0.25, -0.2) is 0 Å². The molecule has 1 aromatic carbocycles. The number of hydrogen-bond donors (Lipinski definition) is 1. The topological polar surface area (TPSA) is 94.5 Å². The Bertz CT molecular complexity index is 961. The standard InChI is InChI=1S/C20H16N2O4/c1-13-16(19(24)22(9-10-23)20(25)17(13)12-21)11-15-7-8-18(26-15)14-5-3-2-4-6-14/h2-8,11,23H,9-10H2,1H3/b16-11-. The predicted octanol–water partition coefficient (Wildman–Crippen LogP) is 2.53. The van der Waals surface area contributed by atoms with Crippen molar-refractivity contribution in [3.8, 4) is 17.4 Å². The number of nitriles is 1. The van der Waals surface area contributed by atoms with Crippen molar-refractivity contribution in [3.05, 3.63) is 64.9 Å². The molecule has 1 aromatic heterocycles. The van der Waals surface area contributed by atoms with E-state index < -0.39 is 11.8 Å². The first-order valence-corrected chi connectivity index (χ1v) is 8.02. The van der Waals surface area contributed by atoms with Crippen LogP contribution in [0.1, 0.15) is 12.7 Å². The maximum Gasteiger partial charge on any atom is 0.271 e. The fourth-order valence-corrected chi connectivity index (χ4v) is 2.76. The highest BCUT2D eigenvalue weighted by molar-refractivity contribution is 6.19. The minimum atomic E-state index is -0.689. The van der Waals surface area contributed by atoms with Gasteiger partial charge in [-0.3, -0.25) is 14.5 Å². The normalized spacial score (nSPS) is 16.3. The number of carbonyl (C=O) groups excluding carboxylic acids is 2. The Morgan fingerprint density at radius 2 is 1.88 bits per heavy atom. The molecule has 0 radical (unpaired) electrons. The Kier molecular flexibility index (Phi) is 4.83. The van der Waals surface area contributed by atoms with E-state index in [1.807, 2.05) is 36.4 Å². The largest absolute Gasteiger partial charge is 0.457 e. The van der Waals surface area contributed by atoms with Crippen LogP contribution in [0.25, 0.3) is 17.4 Å². The first kappa shape index (κ1) is 17.4. The van der Waals surface area contributed by atoms with Gasteiger partial charge in [0.25, 0.3) is 11.8 Å². The summed E-state index contributed by atoms with van der Waals surface area (Å²) in [5, 5.41) is 18.4. The summed E-state index contributed by atoms with van der Waals surface area (Å²) in [7, 11) is 0. The summed E-state index contributed by atoms with van der Waals surface area (Å²) in [6.45, 7) is 1.01. The van der Waals surface area contributed by atoms with E-state index in [9.17, 15) is 14.9 Å². The molecule has 1 aliphatic heterocycles. The Balaban J connectivity index is 2.03. The summed E-state index contributed by atoms with van der Waals surface area (Å²) >= 11 is 0. The fraction of sp³-hybridized carbons (Fsp3) is 0.150. The number of aliphatic hydroxyl groups is 1. The molecule has 0 bridgehead atoms. The number of aliphatic hydroxyl groups excluding tert-OH is 1. The van der Waals surface area contributed by atoms with Crippen LogP contribution in [0.5, 0.6) is 0 Å². The van der Waals surface area contributed by atoms with E-state index in [1.54, 1.807) is 19.1 Å². The Hall–Kier alpha value is -3.43. The van der Waals surface area contributed by atoms with E-state index in [0.29, 0.717) is 17.1 Å². The van der Waals surface area contributed by atoms with Gasteiger partial charge in [-0.15, -0.1) is 0 Å². The van der Waals surface area contributed by atoms with Gasteiger partial charge in [0.1, 0.15) is 23.2 Å². The average molecular weight is 348 g/mol. The maximum absolute atomic E-state index is 12.6. The molecule has 6 nitrogen and oxygen atoms in total. The summed E-state index contributed by atoms with van der Waals surface area (Å²) in [4.78, 5) is 25.7. The zero-order chi connectivity index (χ0) is 18.7. The summed E-state index contributed by atoms with van der Waals surface area (Å²) in [5.74, 6) is -0.169. The second kappa shape index (κ2) is 7.21. The van der Waals surface area contributed by atoms with Crippen molar-refractivity contribution in [2.24, 2.45) is 0 Å². The van der Waals surface area contributed by atoms with E-state index in [1.165, 1.54) is 6.08 Å². The maximum atomic E-state index is 12.6. The highest BCUT2D eigenvalue weighted by atomic mass is 16.3. The van der Waals surface area contributed by atoms with Gasteiger partial charge in [0.15, 0.2) is 0 Å². The second-order valence-electron chi connectivity index (χ2n) is 5.72. The average Bonchev–Trinajstić information content (AvgIpc) is 3.12. The summed E-state index contributed by atoms with van der Waals surface area (Å²) in [6.07, 6.45) is 1.51. The van der Waals surface area contributed by atoms with Gasteiger partial charge in [-0.1, -0.05) is 30.3 Å². The molecule has 6 heteroatoms. The van der Waals surface area contributed by atoms with E-state index in [2.05, 4.69) is 0 Å². The van der Waals surface area contributed by atoms with Gasteiger partial charge in [0.2, 0.25) is 0 Å². The number of carbonyl (C=O) groups is 2. The van der Waals surface area contributed by atoms with Crippen molar-refractivity contribution in [1.82, 2.24) is 4.90 Å². The second-order valence-corrected chi connectivity index (χ2v) is 5.72. The molecule has 0 aliphatic carbocycles. The molecule has 1 N–H and O–H groups in total. The number of benzene rings is 1. The first-order valence-electron chi connectivity index (χ1n) is 8.02. The molecule has 0 saturated carbocycles. The SMILES string of the molecule is CC1=C(C#N)C(=O)N(CCO)C(=O)/C1=C\c1ccc(-c2ccccc2)o1. The number of hydrogen-bond acceptors (Lipinski definition) is 5. The van der Waals surface area contributed by atoms with E-state index in [0.717, 1.165) is 10.5 Å². The number of β-amino-alcohol motifs (C(OH)–C–C–N with tert-alkyl or cyclic N) is 1. The Morgan fingerprint density at radius 3 is 2.54 bits per heavy atom. The van der Waals surface area contributed by atoms with Crippen molar-refractivity contribution >= 4 is 17.9 Å². The molecule has 3 rings (SSSR count). The molecule has 0 saturated heterocycles. The Morgan fingerprint density at radius 1 is 1.15 bits per heavy atom. The van der Waals surface area contributed by atoms with Crippen LogP contribution in [0.4, 0.5) is 0 Å². The highest BCUT2D eigenvalue weighted by Gasteiger charge is 2.35. The molecule has 0 fully saturated rings. The smallest absolute Gasteiger partial charge is 0.271 e. The third-order valence-electron chi connectivity index (χ3n) is 4.12. The van der Waals surface area contributed by atoms with Crippen LogP contribution >= 0.6 is 0 Å². The summed E-state index contributed by atoms with van der Waals surface area (Å²) in [6, 6.07) is 14.8. The predicted molar refractivity (Wildman–Crippen MR) is 94.2 cm³/mol. The van der Waals surface area contributed by atoms with Crippen LogP contribution < -0.4 is 0 Å². The third kappa shape index (κ3) is 3.08. The van der Waals surface area contributed by atoms with E-state index in [-0.39, 0.29) is 24.3 Å². The molecule has 2 heterocycles. The summed E-state index contributed by atoms with van der Waals surface area (Å²) < 4.78 is 5.77. The van der Waals surface area contributed by atoms with Crippen LogP contribution in [0.3, 0.4) is 0 Å². The van der Waals surface area contributed by atoms with E-state index in [4.69, 9.17) is 9.52 Å². The van der Waals surface area contributed by atoms with Gasteiger partial charge >= 0.3 is 0 Å². The van der Waals surface area contributed by atoms with Gasteiger partial charge in [0.05, 0.1) is 13.2 Å². The van der Waals surface area contributed by atoms with Crippen LogP contribution in [0.2, 0.25) is 0 Å².